The molecule has 0 fully saturated rings. The number of rotatable bonds is 6. The van der Waals surface area contributed by atoms with Crippen LogP contribution in [0.25, 0.3) is 0 Å². The third kappa shape index (κ3) is 4.17. The van der Waals surface area contributed by atoms with Crippen molar-refractivity contribution in [2.75, 3.05) is 6.61 Å². The molecule has 0 saturated heterocycles. The highest BCUT2D eigenvalue weighted by atomic mass is 35.5. The third-order valence-electron chi connectivity index (χ3n) is 2.75. The Balaban J connectivity index is 1.90. The van der Waals surface area contributed by atoms with Crippen molar-refractivity contribution in [1.82, 2.24) is 9.78 Å². The molecule has 112 valence electrons. The van der Waals surface area contributed by atoms with Crippen molar-refractivity contribution in [2.24, 2.45) is 0 Å². The van der Waals surface area contributed by atoms with E-state index in [4.69, 9.17) is 16.3 Å². The van der Waals surface area contributed by atoms with Crippen molar-refractivity contribution in [3.63, 3.8) is 0 Å². The van der Waals surface area contributed by atoms with Gasteiger partial charge in [-0.25, -0.2) is 0 Å². The molecule has 1 heterocycles. The van der Waals surface area contributed by atoms with Crippen LogP contribution in [0.2, 0.25) is 5.02 Å². The minimum absolute atomic E-state index is 0.0107. The SMILES string of the molecule is Cc1ccc(Cl)c(OCC(O)Cn2cc([N+](=O)[O-])cn2)c1. The van der Waals surface area contributed by atoms with E-state index in [-0.39, 0.29) is 18.8 Å². The molecule has 2 aromatic rings. The van der Waals surface area contributed by atoms with E-state index in [9.17, 15) is 15.2 Å². The van der Waals surface area contributed by atoms with Crippen molar-refractivity contribution in [3.05, 3.63) is 51.3 Å². The highest BCUT2D eigenvalue weighted by Gasteiger charge is 2.13. The average molecular weight is 312 g/mol. The molecule has 0 aliphatic carbocycles. The number of benzene rings is 1. The molecule has 0 radical (unpaired) electrons. The van der Waals surface area contributed by atoms with Gasteiger partial charge in [-0.05, 0) is 24.6 Å². The van der Waals surface area contributed by atoms with Crippen LogP contribution in [0.1, 0.15) is 5.56 Å². The smallest absolute Gasteiger partial charge is 0.306 e. The molecule has 1 aromatic carbocycles. The van der Waals surface area contributed by atoms with Crippen LogP contribution in [0, 0.1) is 17.0 Å². The van der Waals surface area contributed by atoms with E-state index in [0.29, 0.717) is 10.8 Å². The lowest BCUT2D eigenvalue weighted by molar-refractivity contribution is -0.385. The maximum Gasteiger partial charge on any atom is 0.306 e. The highest BCUT2D eigenvalue weighted by molar-refractivity contribution is 6.32. The number of nitrogens with zero attached hydrogens (tertiary/aromatic N) is 3. The topological polar surface area (TPSA) is 90.4 Å². The summed E-state index contributed by atoms with van der Waals surface area (Å²) in [6, 6.07) is 5.35. The summed E-state index contributed by atoms with van der Waals surface area (Å²) in [6.07, 6.45) is 1.52. The molecule has 1 N–H and O–H groups in total. The fourth-order valence-electron chi connectivity index (χ4n) is 1.72. The van der Waals surface area contributed by atoms with Crippen LogP contribution in [-0.4, -0.2) is 32.5 Å². The molecule has 0 bridgehead atoms. The molecule has 0 spiro atoms. The third-order valence-corrected chi connectivity index (χ3v) is 3.06. The van der Waals surface area contributed by atoms with Gasteiger partial charge in [-0.3, -0.25) is 14.8 Å². The Kier molecular flexibility index (Phi) is 4.77. The van der Waals surface area contributed by atoms with E-state index >= 15 is 0 Å². The van der Waals surface area contributed by atoms with Crippen molar-refractivity contribution in [2.45, 2.75) is 19.6 Å². The minimum Gasteiger partial charge on any atom is -0.489 e. The average Bonchev–Trinajstić information content (AvgIpc) is 2.88. The van der Waals surface area contributed by atoms with E-state index < -0.39 is 11.0 Å². The number of nitro groups is 1. The molecular formula is C13H14ClN3O4. The number of aliphatic hydroxyl groups excluding tert-OH is 1. The van der Waals surface area contributed by atoms with Gasteiger partial charge in [0.15, 0.2) is 0 Å². The van der Waals surface area contributed by atoms with Gasteiger partial charge >= 0.3 is 5.69 Å². The molecule has 7 nitrogen and oxygen atoms in total. The summed E-state index contributed by atoms with van der Waals surface area (Å²) < 4.78 is 6.74. The first-order chi connectivity index (χ1) is 9.95. The molecule has 8 heteroatoms. The molecule has 1 aromatic heterocycles. The number of hydrogen-bond acceptors (Lipinski definition) is 5. The molecular weight excluding hydrogens is 298 g/mol. The van der Waals surface area contributed by atoms with E-state index in [1.165, 1.54) is 10.9 Å². The fourth-order valence-corrected chi connectivity index (χ4v) is 1.89. The molecule has 0 amide bonds. The van der Waals surface area contributed by atoms with Gasteiger partial charge in [-0.1, -0.05) is 17.7 Å². The summed E-state index contributed by atoms with van der Waals surface area (Å²) in [5, 5.41) is 24.7. The lowest BCUT2D eigenvalue weighted by atomic mass is 10.2. The zero-order valence-electron chi connectivity index (χ0n) is 11.3. The second-order valence-electron chi connectivity index (χ2n) is 4.58. The first kappa shape index (κ1) is 15.3. The van der Waals surface area contributed by atoms with Gasteiger partial charge in [0, 0.05) is 0 Å². The van der Waals surface area contributed by atoms with Crippen LogP contribution in [0.3, 0.4) is 0 Å². The molecule has 0 aliphatic heterocycles. The second kappa shape index (κ2) is 6.55. The van der Waals surface area contributed by atoms with Gasteiger partial charge < -0.3 is 9.84 Å². The van der Waals surface area contributed by atoms with E-state index in [1.54, 1.807) is 12.1 Å². The van der Waals surface area contributed by atoms with E-state index in [0.717, 1.165) is 11.8 Å². The zero-order chi connectivity index (χ0) is 15.4. The zero-order valence-corrected chi connectivity index (χ0v) is 12.0. The molecule has 0 aliphatic rings. The van der Waals surface area contributed by atoms with Gasteiger partial charge in [0.05, 0.1) is 16.5 Å². The minimum atomic E-state index is -0.860. The first-order valence-corrected chi connectivity index (χ1v) is 6.57. The second-order valence-corrected chi connectivity index (χ2v) is 4.98. The Hall–Kier alpha value is -2.12. The summed E-state index contributed by atoms with van der Waals surface area (Å²) in [4.78, 5) is 9.99. The molecule has 21 heavy (non-hydrogen) atoms. The quantitative estimate of drug-likeness (QED) is 0.652. The van der Waals surface area contributed by atoms with Gasteiger partial charge in [-0.2, -0.15) is 5.10 Å². The highest BCUT2D eigenvalue weighted by Crippen LogP contribution is 2.25. The van der Waals surface area contributed by atoms with Gasteiger partial charge in [-0.15, -0.1) is 0 Å². The molecule has 1 unspecified atom stereocenters. The number of aromatic nitrogens is 2. The van der Waals surface area contributed by atoms with E-state index in [2.05, 4.69) is 5.10 Å². The maximum atomic E-state index is 10.5. The van der Waals surface area contributed by atoms with Crippen molar-refractivity contribution in [3.8, 4) is 5.75 Å². The number of ether oxygens (including phenoxy) is 1. The Labute approximate surface area is 125 Å². The number of aliphatic hydroxyl groups is 1. The number of aryl methyl sites for hydroxylation is 1. The van der Waals surface area contributed by atoms with Crippen LogP contribution in [0.5, 0.6) is 5.75 Å². The maximum absolute atomic E-state index is 10.5. The monoisotopic (exact) mass is 311 g/mol. The predicted molar refractivity (Wildman–Crippen MR) is 76.6 cm³/mol. The molecule has 2 rings (SSSR count). The number of halogens is 1. The van der Waals surface area contributed by atoms with Crippen LogP contribution in [-0.2, 0) is 6.54 Å². The van der Waals surface area contributed by atoms with Crippen LogP contribution in [0.15, 0.2) is 30.6 Å². The molecule has 0 saturated carbocycles. The molecule has 1 atom stereocenters. The van der Waals surface area contributed by atoms with Gasteiger partial charge in [0.2, 0.25) is 0 Å². The fraction of sp³-hybridized carbons (Fsp3) is 0.308. The Morgan fingerprint density at radius 2 is 2.33 bits per heavy atom. The Bertz CT molecular complexity index is 644. The normalized spacial score (nSPS) is 12.1. The largest absolute Gasteiger partial charge is 0.489 e. The first-order valence-electron chi connectivity index (χ1n) is 6.19. The Morgan fingerprint density at radius 3 is 3.00 bits per heavy atom. The Morgan fingerprint density at radius 1 is 1.57 bits per heavy atom. The lowest BCUT2D eigenvalue weighted by Crippen LogP contribution is -2.23. The summed E-state index contributed by atoms with van der Waals surface area (Å²) in [6.45, 7) is 2.01. The standard InChI is InChI=1S/C13H14ClN3O4/c1-9-2-3-12(14)13(4-9)21-8-11(18)7-16-6-10(5-15-16)17(19)20/h2-6,11,18H,7-8H2,1H3. The summed E-state index contributed by atoms with van der Waals surface area (Å²) in [5.41, 5.74) is 0.872. The van der Waals surface area contributed by atoms with Gasteiger partial charge in [0.1, 0.15) is 30.9 Å². The summed E-state index contributed by atoms with van der Waals surface area (Å²) in [5.74, 6) is 0.488. The van der Waals surface area contributed by atoms with Crippen LogP contribution in [0.4, 0.5) is 5.69 Å². The van der Waals surface area contributed by atoms with Gasteiger partial charge in [0.25, 0.3) is 0 Å². The van der Waals surface area contributed by atoms with Crippen LogP contribution < -0.4 is 4.74 Å². The van der Waals surface area contributed by atoms with E-state index in [1.807, 2.05) is 13.0 Å². The van der Waals surface area contributed by atoms with Crippen LogP contribution >= 0.6 is 11.6 Å². The summed E-state index contributed by atoms with van der Waals surface area (Å²) in [7, 11) is 0. The predicted octanol–water partition coefficient (Wildman–Crippen LogP) is 2.19. The summed E-state index contributed by atoms with van der Waals surface area (Å²) >= 11 is 5.98. The van der Waals surface area contributed by atoms with Crippen molar-refractivity contribution >= 4 is 17.3 Å². The van der Waals surface area contributed by atoms with Crippen molar-refractivity contribution in [1.29, 1.82) is 0 Å². The van der Waals surface area contributed by atoms with Crippen molar-refractivity contribution < 1.29 is 14.8 Å². The number of hydrogen-bond donors (Lipinski definition) is 1. The lowest BCUT2D eigenvalue weighted by Gasteiger charge is -2.13.